The molecule has 1 aromatic rings. The molecular weight excluding hydrogens is 196 g/mol. The number of nitrogens with two attached hydrogens (primary N) is 1. The van der Waals surface area contributed by atoms with Gasteiger partial charge < -0.3 is 5.73 Å². The van der Waals surface area contributed by atoms with Crippen molar-refractivity contribution < 1.29 is 0 Å². The number of nitrogens with zero attached hydrogens (tertiary/aromatic N) is 1. The van der Waals surface area contributed by atoms with Crippen LogP contribution in [0.3, 0.4) is 0 Å². The Labute approximate surface area is 99.5 Å². The Morgan fingerprint density at radius 1 is 1.25 bits per heavy atom. The maximum Gasteiger partial charge on any atom is 0.0427 e. The van der Waals surface area contributed by atoms with Gasteiger partial charge in [-0.3, -0.25) is 4.90 Å². The van der Waals surface area contributed by atoms with E-state index in [1.165, 1.54) is 11.1 Å². The number of hydrogen-bond acceptors (Lipinski definition) is 2. The van der Waals surface area contributed by atoms with Crippen LogP contribution in [-0.2, 0) is 0 Å². The molecule has 0 saturated heterocycles. The molecule has 1 unspecified atom stereocenters. The van der Waals surface area contributed by atoms with Crippen LogP contribution in [0.4, 0.5) is 0 Å². The molecule has 90 valence electrons. The fourth-order valence-electron chi connectivity index (χ4n) is 2.06. The lowest BCUT2D eigenvalue weighted by Crippen LogP contribution is -2.37. The van der Waals surface area contributed by atoms with E-state index in [-0.39, 0.29) is 6.04 Å². The summed E-state index contributed by atoms with van der Waals surface area (Å²) >= 11 is 0. The average Bonchev–Trinajstić information content (AvgIpc) is 2.25. The predicted octanol–water partition coefficient (Wildman–Crippen LogP) is 2.73. The lowest BCUT2D eigenvalue weighted by atomic mass is 10.0. The first-order valence-corrected chi connectivity index (χ1v) is 6.11. The van der Waals surface area contributed by atoms with Gasteiger partial charge in [-0.25, -0.2) is 0 Å². The van der Waals surface area contributed by atoms with E-state index in [1.54, 1.807) is 0 Å². The Kier molecular flexibility index (Phi) is 4.97. The van der Waals surface area contributed by atoms with E-state index in [0.29, 0.717) is 6.04 Å². The number of likely N-dealkylation sites (N-methyl/N-ethyl adjacent to an activating group) is 1. The second-order valence-corrected chi connectivity index (χ2v) is 4.64. The summed E-state index contributed by atoms with van der Waals surface area (Å²) in [7, 11) is 0. The van der Waals surface area contributed by atoms with Crippen LogP contribution in [0.5, 0.6) is 0 Å². The van der Waals surface area contributed by atoms with E-state index in [2.05, 4.69) is 56.9 Å². The maximum atomic E-state index is 6.27. The summed E-state index contributed by atoms with van der Waals surface area (Å²) in [6.07, 6.45) is 0. The predicted molar refractivity (Wildman–Crippen MR) is 70.5 cm³/mol. The lowest BCUT2D eigenvalue weighted by Gasteiger charge is -2.28. The first kappa shape index (κ1) is 13.2. The molecule has 0 spiro atoms. The van der Waals surface area contributed by atoms with Crippen molar-refractivity contribution in [3.63, 3.8) is 0 Å². The van der Waals surface area contributed by atoms with E-state index >= 15 is 0 Å². The van der Waals surface area contributed by atoms with Crippen molar-refractivity contribution in [3.8, 4) is 0 Å². The maximum absolute atomic E-state index is 6.27. The van der Waals surface area contributed by atoms with Crippen molar-refractivity contribution in [1.29, 1.82) is 0 Å². The normalized spacial score (nSPS) is 13.4. The fourth-order valence-corrected chi connectivity index (χ4v) is 2.06. The highest BCUT2D eigenvalue weighted by Gasteiger charge is 2.14. The molecule has 0 aliphatic rings. The monoisotopic (exact) mass is 220 g/mol. The highest BCUT2D eigenvalue weighted by Crippen LogP contribution is 2.17. The minimum Gasteiger partial charge on any atom is -0.323 e. The zero-order valence-electron chi connectivity index (χ0n) is 10.9. The van der Waals surface area contributed by atoms with Gasteiger partial charge in [0.2, 0.25) is 0 Å². The van der Waals surface area contributed by atoms with E-state index in [1.807, 2.05) is 0 Å². The molecule has 16 heavy (non-hydrogen) atoms. The van der Waals surface area contributed by atoms with Crippen LogP contribution < -0.4 is 5.73 Å². The largest absolute Gasteiger partial charge is 0.323 e. The van der Waals surface area contributed by atoms with Gasteiger partial charge in [0.1, 0.15) is 0 Å². The second kappa shape index (κ2) is 6.02. The summed E-state index contributed by atoms with van der Waals surface area (Å²) in [6, 6.07) is 9.05. The Balaban J connectivity index is 2.72. The zero-order chi connectivity index (χ0) is 12.1. The molecule has 0 heterocycles. The molecule has 1 rings (SSSR count). The van der Waals surface area contributed by atoms with Gasteiger partial charge in [0, 0.05) is 18.6 Å². The van der Waals surface area contributed by atoms with Crippen molar-refractivity contribution in [1.82, 2.24) is 4.90 Å². The highest BCUT2D eigenvalue weighted by atomic mass is 15.1. The van der Waals surface area contributed by atoms with Gasteiger partial charge in [-0.05, 0) is 38.4 Å². The van der Waals surface area contributed by atoms with Gasteiger partial charge in [-0.15, -0.1) is 0 Å². The van der Waals surface area contributed by atoms with Crippen molar-refractivity contribution in [2.24, 2.45) is 5.73 Å². The van der Waals surface area contributed by atoms with E-state index < -0.39 is 0 Å². The highest BCUT2D eigenvalue weighted by molar-refractivity contribution is 5.28. The van der Waals surface area contributed by atoms with E-state index in [9.17, 15) is 0 Å². The van der Waals surface area contributed by atoms with Gasteiger partial charge in [0.15, 0.2) is 0 Å². The van der Waals surface area contributed by atoms with Crippen LogP contribution in [0.15, 0.2) is 24.3 Å². The minimum absolute atomic E-state index is 0.114. The number of hydrogen-bond donors (Lipinski definition) is 1. The summed E-state index contributed by atoms with van der Waals surface area (Å²) in [4.78, 5) is 2.40. The molecular formula is C14H24N2. The van der Waals surface area contributed by atoms with Gasteiger partial charge >= 0.3 is 0 Å². The molecule has 2 nitrogen and oxygen atoms in total. The Bertz CT molecular complexity index is 320. The molecule has 0 saturated carbocycles. The van der Waals surface area contributed by atoms with Crippen molar-refractivity contribution in [2.75, 3.05) is 13.1 Å². The number of aryl methyl sites for hydroxylation is 1. The van der Waals surface area contributed by atoms with Crippen molar-refractivity contribution in [3.05, 3.63) is 35.4 Å². The minimum atomic E-state index is 0.114. The quantitative estimate of drug-likeness (QED) is 0.826. The molecule has 0 aromatic heterocycles. The van der Waals surface area contributed by atoms with Crippen LogP contribution in [0.25, 0.3) is 0 Å². The molecule has 0 bridgehead atoms. The summed E-state index contributed by atoms with van der Waals surface area (Å²) in [5.74, 6) is 0. The zero-order valence-corrected chi connectivity index (χ0v) is 10.9. The van der Waals surface area contributed by atoms with E-state index in [0.717, 1.165) is 13.1 Å². The molecule has 0 aliphatic carbocycles. The molecule has 0 fully saturated rings. The SMILES string of the molecule is CCN(CC(N)c1ccccc1C)C(C)C. The van der Waals surface area contributed by atoms with E-state index in [4.69, 9.17) is 5.73 Å². The topological polar surface area (TPSA) is 29.3 Å². The molecule has 0 aliphatic heterocycles. The van der Waals surface area contributed by atoms with Gasteiger partial charge in [-0.2, -0.15) is 0 Å². The molecule has 0 amide bonds. The second-order valence-electron chi connectivity index (χ2n) is 4.64. The third kappa shape index (κ3) is 3.32. The van der Waals surface area contributed by atoms with Crippen LogP contribution in [0.2, 0.25) is 0 Å². The number of rotatable bonds is 5. The molecule has 1 atom stereocenters. The fraction of sp³-hybridized carbons (Fsp3) is 0.571. The third-order valence-corrected chi connectivity index (χ3v) is 3.16. The Morgan fingerprint density at radius 2 is 1.88 bits per heavy atom. The summed E-state index contributed by atoms with van der Waals surface area (Å²) in [5.41, 5.74) is 8.82. The van der Waals surface area contributed by atoms with Crippen molar-refractivity contribution >= 4 is 0 Å². The van der Waals surface area contributed by atoms with Gasteiger partial charge in [0.05, 0.1) is 0 Å². The average molecular weight is 220 g/mol. The summed E-state index contributed by atoms with van der Waals surface area (Å²) in [5, 5.41) is 0. The summed E-state index contributed by atoms with van der Waals surface area (Å²) < 4.78 is 0. The Hall–Kier alpha value is -0.860. The molecule has 0 radical (unpaired) electrons. The van der Waals surface area contributed by atoms with Crippen LogP contribution in [0.1, 0.15) is 37.9 Å². The van der Waals surface area contributed by atoms with Crippen molar-refractivity contribution in [2.45, 2.75) is 39.8 Å². The molecule has 2 heteroatoms. The van der Waals surface area contributed by atoms with Crippen LogP contribution >= 0.6 is 0 Å². The van der Waals surface area contributed by atoms with Crippen LogP contribution in [-0.4, -0.2) is 24.0 Å². The van der Waals surface area contributed by atoms with Gasteiger partial charge in [0.25, 0.3) is 0 Å². The first-order chi connectivity index (χ1) is 7.56. The molecule has 2 N–H and O–H groups in total. The van der Waals surface area contributed by atoms with Gasteiger partial charge in [-0.1, -0.05) is 31.2 Å². The smallest absolute Gasteiger partial charge is 0.0427 e. The number of benzene rings is 1. The summed E-state index contributed by atoms with van der Waals surface area (Å²) in [6.45, 7) is 10.7. The molecule has 1 aromatic carbocycles. The Morgan fingerprint density at radius 3 is 2.38 bits per heavy atom. The first-order valence-electron chi connectivity index (χ1n) is 6.11. The van der Waals surface area contributed by atoms with Crippen LogP contribution in [0, 0.1) is 6.92 Å². The third-order valence-electron chi connectivity index (χ3n) is 3.16. The lowest BCUT2D eigenvalue weighted by molar-refractivity contribution is 0.219. The standard InChI is InChI=1S/C14H24N2/c1-5-16(11(2)3)10-14(15)13-9-7-6-8-12(13)4/h6-9,11,14H,5,10,15H2,1-4H3.